The lowest BCUT2D eigenvalue weighted by Crippen LogP contribution is -2.13. The van der Waals surface area contributed by atoms with Crippen LogP contribution in [0.15, 0.2) is 48.5 Å². The SMILES string of the molecule is Cc1ccc(C)c(C(=O)CCC(N)c2ccccc2)c1. The summed E-state index contributed by atoms with van der Waals surface area (Å²) >= 11 is 0. The molecule has 2 aromatic carbocycles. The van der Waals surface area contributed by atoms with Gasteiger partial charge in [0.05, 0.1) is 0 Å². The second-order valence-electron chi connectivity index (χ2n) is 5.30. The molecule has 2 aromatic rings. The number of carbonyl (C=O) groups is 1. The van der Waals surface area contributed by atoms with Crippen molar-refractivity contribution in [2.75, 3.05) is 0 Å². The molecule has 0 spiro atoms. The molecule has 0 saturated heterocycles. The van der Waals surface area contributed by atoms with Crippen molar-refractivity contribution >= 4 is 5.78 Å². The molecule has 1 atom stereocenters. The van der Waals surface area contributed by atoms with Crippen LogP contribution >= 0.6 is 0 Å². The van der Waals surface area contributed by atoms with Crippen molar-refractivity contribution in [1.82, 2.24) is 0 Å². The number of hydrogen-bond acceptors (Lipinski definition) is 2. The van der Waals surface area contributed by atoms with E-state index in [1.165, 1.54) is 0 Å². The van der Waals surface area contributed by atoms with Crippen LogP contribution in [0.2, 0.25) is 0 Å². The van der Waals surface area contributed by atoms with E-state index in [0.29, 0.717) is 12.8 Å². The van der Waals surface area contributed by atoms with E-state index in [0.717, 1.165) is 22.3 Å². The lowest BCUT2D eigenvalue weighted by Gasteiger charge is -2.12. The Morgan fingerprint density at radius 2 is 1.80 bits per heavy atom. The van der Waals surface area contributed by atoms with E-state index >= 15 is 0 Å². The van der Waals surface area contributed by atoms with E-state index < -0.39 is 0 Å². The highest BCUT2D eigenvalue weighted by atomic mass is 16.1. The molecule has 0 amide bonds. The predicted octanol–water partition coefficient (Wildman–Crippen LogP) is 3.97. The number of hydrogen-bond donors (Lipinski definition) is 1. The number of Topliss-reactive ketones (excluding diaryl/α,β-unsaturated/α-hetero) is 1. The Kier molecular flexibility index (Phi) is 4.70. The van der Waals surface area contributed by atoms with Crippen LogP contribution in [0.3, 0.4) is 0 Å². The monoisotopic (exact) mass is 267 g/mol. The van der Waals surface area contributed by atoms with Gasteiger partial charge in [0.15, 0.2) is 5.78 Å². The lowest BCUT2D eigenvalue weighted by atomic mass is 9.96. The Bertz CT molecular complexity index is 590. The number of aryl methyl sites for hydroxylation is 2. The summed E-state index contributed by atoms with van der Waals surface area (Å²) < 4.78 is 0. The summed E-state index contributed by atoms with van der Waals surface area (Å²) in [4.78, 5) is 12.3. The summed E-state index contributed by atoms with van der Waals surface area (Å²) in [7, 11) is 0. The van der Waals surface area contributed by atoms with Gasteiger partial charge in [0, 0.05) is 18.0 Å². The highest BCUT2D eigenvalue weighted by Crippen LogP contribution is 2.19. The molecule has 2 N–H and O–H groups in total. The summed E-state index contributed by atoms with van der Waals surface area (Å²) in [6, 6.07) is 15.8. The summed E-state index contributed by atoms with van der Waals surface area (Å²) in [5.74, 6) is 0.178. The molecule has 0 radical (unpaired) electrons. The second-order valence-corrected chi connectivity index (χ2v) is 5.30. The van der Waals surface area contributed by atoms with Gasteiger partial charge in [-0.1, -0.05) is 48.0 Å². The van der Waals surface area contributed by atoms with E-state index in [4.69, 9.17) is 5.73 Å². The summed E-state index contributed by atoms with van der Waals surface area (Å²) in [5, 5.41) is 0. The van der Waals surface area contributed by atoms with Gasteiger partial charge in [-0.15, -0.1) is 0 Å². The third-order valence-electron chi connectivity index (χ3n) is 3.60. The Morgan fingerprint density at radius 1 is 1.10 bits per heavy atom. The van der Waals surface area contributed by atoms with Crippen LogP contribution < -0.4 is 5.73 Å². The Morgan fingerprint density at radius 3 is 2.50 bits per heavy atom. The van der Waals surface area contributed by atoms with E-state index in [1.54, 1.807) is 0 Å². The zero-order valence-corrected chi connectivity index (χ0v) is 12.1. The van der Waals surface area contributed by atoms with Crippen molar-refractivity contribution in [3.63, 3.8) is 0 Å². The second kappa shape index (κ2) is 6.49. The lowest BCUT2D eigenvalue weighted by molar-refractivity contribution is 0.0977. The number of benzene rings is 2. The molecule has 0 aromatic heterocycles. The van der Waals surface area contributed by atoms with Crippen LogP contribution in [0.4, 0.5) is 0 Å². The van der Waals surface area contributed by atoms with Crippen molar-refractivity contribution in [3.05, 3.63) is 70.8 Å². The van der Waals surface area contributed by atoms with Gasteiger partial charge in [-0.2, -0.15) is 0 Å². The number of ketones is 1. The molecule has 20 heavy (non-hydrogen) atoms. The minimum absolute atomic E-state index is 0.0785. The molecular weight excluding hydrogens is 246 g/mol. The maximum atomic E-state index is 12.3. The van der Waals surface area contributed by atoms with Gasteiger partial charge in [-0.05, 0) is 37.5 Å². The van der Waals surface area contributed by atoms with Crippen LogP contribution in [0, 0.1) is 13.8 Å². The van der Waals surface area contributed by atoms with Crippen LogP contribution in [0.25, 0.3) is 0 Å². The Hall–Kier alpha value is -1.93. The van der Waals surface area contributed by atoms with Gasteiger partial charge in [0.2, 0.25) is 0 Å². The zero-order valence-electron chi connectivity index (χ0n) is 12.1. The van der Waals surface area contributed by atoms with E-state index in [1.807, 2.05) is 62.4 Å². The largest absolute Gasteiger partial charge is 0.324 e. The Balaban J connectivity index is 2.00. The predicted molar refractivity (Wildman–Crippen MR) is 82.9 cm³/mol. The van der Waals surface area contributed by atoms with Gasteiger partial charge in [0.25, 0.3) is 0 Å². The molecule has 0 aliphatic carbocycles. The van der Waals surface area contributed by atoms with Gasteiger partial charge in [0.1, 0.15) is 0 Å². The summed E-state index contributed by atoms with van der Waals surface area (Å²) in [5.41, 5.74) is 10.2. The topological polar surface area (TPSA) is 43.1 Å². The Labute approximate surface area is 120 Å². The molecule has 0 aliphatic heterocycles. The van der Waals surface area contributed by atoms with Gasteiger partial charge < -0.3 is 5.73 Å². The minimum Gasteiger partial charge on any atom is -0.324 e. The first-order valence-electron chi connectivity index (χ1n) is 6.99. The molecule has 0 heterocycles. The molecule has 2 heteroatoms. The fourth-order valence-electron chi connectivity index (χ4n) is 2.32. The average molecular weight is 267 g/mol. The molecule has 2 nitrogen and oxygen atoms in total. The van der Waals surface area contributed by atoms with Crippen LogP contribution in [-0.2, 0) is 0 Å². The molecular formula is C18H21NO. The fraction of sp³-hybridized carbons (Fsp3) is 0.278. The van der Waals surface area contributed by atoms with Crippen molar-refractivity contribution in [2.24, 2.45) is 5.73 Å². The van der Waals surface area contributed by atoms with E-state index in [9.17, 15) is 4.79 Å². The summed E-state index contributed by atoms with van der Waals surface area (Å²) in [6.07, 6.45) is 1.16. The first-order valence-corrected chi connectivity index (χ1v) is 6.99. The standard InChI is InChI=1S/C18H21NO/c1-13-8-9-14(2)16(12-13)18(20)11-10-17(19)15-6-4-3-5-7-15/h3-9,12,17H,10-11,19H2,1-2H3. The molecule has 104 valence electrons. The van der Waals surface area contributed by atoms with E-state index in [-0.39, 0.29) is 11.8 Å². The molecule has 0 aliphatic rings. The molecule has 2 rings (SSSR count). The fourth-order valence-corrected chi connectivity index (χ4v) is 2.32. The minimum atomic E-state index is -0.0785. The third-order valence-corrected chi connectivity index (χ3v) is 3.60. The third kappa shape index (κ3) is 3.55. The van der Waals surface area contributed by atoms with Crippen molar-refractivity contribution in [2.45, 2.75) is 32.7 Å². The van der Waals surface area contributed by atoms with Crippen molar-refractivity contribution < 1.29 is 4.79 Å². The first kappa shape index (κ1) is 14.5. The maximum absolute atomic E-state index is 12.3. The highest BCUT2D eigenvalue weighted by molar-refractivity contribution is 5.97. The maximum Gasteiger partial charge on any atom is 0.163 e. The normalized spacial score (nSPS) is 12.2. The first-order chi connectivity index (χ1) is 9.58. The van der Waals surface area contributed by atoms with Gasteiger partial charge >= 0.3 is 0 Å². The van der Waals surface area contributed by atoms with Crippen LogP contribution in [0.1, 0.15) is 45.9 Å². The van der Waals surface area contributed by atoms with Gasteiger partial charge in [-0.25, -0.2) is 0 Å². The highest BCUT2D eigenvalue weighted by Gasteiger charge is 2.12. The smallest absolute Gasteiger partial charge is 0.163 e. The average Bonchev–Trinajstić information content (AvgIpc) is 2.47. The number of carbonyl (C=O) groups excluding carboxylic acids is 1. The van der Waals surface area contributed by atoms with Crippen LogP contribution in [-0.4, -0.2) is 5.78 Å². The molecule has 0 saturated carbocycles. The molecule has 1 unspecified atom stereocenters. The van der Waals surface area contributed by atoms with Crippen LogP contribution in [0.5, 0.6) is 0 Å². The quantitative estimate of drug-likeness (QED) is 0.833. The van der Waals surface area contributed by atoms with Crippen molar-refractivity contribution in [3.8, 4) is 0 Å². The van der Waals surface area contributed by atoms with Crippen molar-refractivity contribution in [1.29, 1.82) is 0 Å². The van der Waals surface area contributed by atoms with E-state index in [2.05, 4.69) is 0 Å². The number of nitrogens with two attached hydrogens (primary N) is 1. The molecule has 0 fully saturated rings. The summed E-state index contributed by atoms with van der Waals surface area (Å²) in [6.45, 7) is 3.98. The number of rotatable bonds is 5. The molecule has 0 bridgehead atoms. The zero-order chi connectivity index (χ0) is 14.5. The van der Waals surface area contributed by atoms with Gasteiger partial charge in [-0.3, -0.25) is 4.79 Å².